The monoisotopic (exact) mass is 1080 g/mol. The van der Waals surface area contributed by atoms with Gasteiger partial charge in [-0.15, -0.1) is 0 Å². The molecule has 3 aromatic carbocycles. The van der Waals surface area contributed by atoms with Gasteiger partial charge < -0.3 is 54.8 Å². The molecule has 10 rings (SSSR count). The quantitative estimate of drug-likeness (QED) is 0.0243. The normalized spacial score (nSPS) is 21.0. The van der Waals surface area contributed by atoms with Crippen LogP contribution in [0.5, 0.6) is 0 Å². The molecule has 0 spiro atoms. The molecule has 2 unspecified atom stereocenters. The highest BCUT2D eigenvalue weighted by molar-refractivity contribution is 6.31. The maximum absolute atomic E-state index is 12.5. The van der Waals surface area contributed by atoms with Crippen LogP contribution in [0.2, 0.25) is 10.0 Å². The minimum absolute atomic E-state index is 0.0576. The predicted molar refractivity (Wildman–Crippen MR) is 290 cm³/mol. The molecule has 6 heterocycles. The fourth-order valence-electron chi connectivity index (χ4n) is 10.5. The second-order valence-corrected chi connectivity index (χ2v) is 20.6. The molecule has 4 N–H and O–H groups in total. The van der Waals surface area contributed by atoms with Crippen LogP contribution in [0.3, 0.4) is 0 Å². The molecule has 5 aliphatic rings. The van der Waals surface area contributed by atoms with Crippen molar-refractivity contribution in [3.05, 3.63) is 198 Å². The number of epoxide rings is 1. The zero-order chi connectivity index (χ0) is 54.9. The zero-order valence-corrected chi connectivity index (χ0v) is 44.6. The lowest BCUT2D eigenvalue weighted by molar-refractivity contribution is -0.938. The van der Waals surface area contributed by atoms with Gasteiger partial charge in [-0.25, -0.2) is 9.59 Å². The Bertz CT molecular complexity index is 2750. The SMILES string of the molecule is CN(C)CCC(c1ccc(Cl)cc1)c1ccccn1.C[N+]1(C)[C@@H]2CC(OC(=O)[C@H](CO)c3ccccc3)C[C@H]1[C@@H]1O[C@@H]12.Clc1ccc2c(c1)CCc1cccnc1C2=C1CCNCC1.O=C(O)/C=C\C(=O)O.O=[N+]([O-])[O-]. The first-order chi connectivity index (χ1) is 36.4. The van der Waals surface area contributed by atoms with Gasteiger partial charge in [-0.05, 0) is 136 Å². The summed E-state index contributed by atoms with van der Waals surface area (Å²) < 4.78 is 12.5. The number of nitrogens with zero attached hydrogens (tertiary/aromatic N) is 5. The highest BCUT2D eigenvalue weighted by atomic mass is 35.5. The van der Waals surface area contributed by atoms with Gasteiger partial charge in [0.15, 0.2) is 0 Å². The van der Waals surface area contributed by atoms with Crippen LogP contribution in [0.1, 0.15) is 83.1 Å². The van der Waals surface area contributed by atoms with Crippen molar-refractivity contribution < 1.29 is 48.7 Å². The van der Waals surface area contributed by atoms with Gasteiger partial charge in [0, 0.05) is 64.6 Å². The fourth-order valence-corrected chi connectivity index (χ4v) is 10.8. The highest BCUT2D eigenvalue weighted by Crippen LogP contribution is 2.52. The second-order valence-electron chi connectivity index (χ2n) is 19.7. The minimum atomic E-state index is -1.75. The maximum Gasteiger partial charge on any atom is 0.328 e. The number of likely N-dealkylation sites (N-methyl/N-ethyl adjacent to an activating group) is 1. The van der Waals surface area contributed by atoms with E-state index in [1.54, 1.807) is 0 Å². The van der Waals surface area contributed by atoms with E-state index in [9.17, 15) is 19.5 Å². The molecule has 17 nitrogen and oxygen atoms in total. The van der Waals surface area contributed by atoms with Crippen LogP contribution < -0.4 is 5.32 Å². The van der Waals surface area contributed by atoms with Gasteiger partial charge in [0.1, 0.15) is 36.3 Å². The second kappa shape index (κ2) is 28.0. The van der Waals surface area contributed by atoms with E-state index in [0.717, 1.165) is 90.4 Å². The van der Waals surface area contributed by atoms with E-state index >= 15 is 0 Å². The third-order valence-corrected chi connectivity index (χ3v) is 14.7. The first-order valence-corrected chi connectivity index (χ1v) is 25.9. The van der Waals surface area contributed by atoms with Crippen molar-refractivity contribution in [2.75, 3.05) is 54.4 Å². The molecule has 4 aliphatic heterocycles. The first-order valence-electron chi connectivity index (χ1n) is 25.1. The summed E-state index contributed by atoms with van der Waals surface area (Å²) >= 11 is 12.2. The van der Waals surface area contributed by atoms with Crippen LogP contribution in [0, 0.1) is 15.3 Å². The van der Waals surface area contributed by atoms with Crippen molar-refractivity contribution in [1.29, 1.82) is 0 Å². The number of aliphatic hydroxyl groups excluding tert-OH is 1. The Balaban J connectivity index is 0.000000168. The molecule has 2 aromatic heterocycles. The van der Waals surface area contributed by atoms with Crippen molar-refractivity contribution in [2.45, 2.75) is 87.2 Å². The van der Waals surface area contributed by atoms with Gasteiger partial charge in [0.05, 0.1) is 31.5 Å². The van der Waals surface area contributed by atoms with Gasteiger partial charge in [0.25, 0.3) is 0 Å². The maximum atomic E-state index is 12.5. The molecule has 5 aromatic rings. The summed E-state index contributed by atoms with van der Waals surface area (Å²) in [5, 5.41) is 45.0. The number of quaternary nitrogens is 1. The topological polar surface area (TPSA) is 241 Å². The average Bonchev–Trinajstić information content (AvgIpc) is 4.23. The van der Waals surface area contributed by atoms with Crippen molar-refractivity contribution in [3.63, 3.8) is 0 Å². The highest BCUT2D eigenvalue weighted by Gasteiger charge is 2.70. The van der Waals surface area contributed by atoms with Gasteiger partial charge in [0.2, 0.25) is 0 Å². The Labute approximate surface area is 453 Å². The first kappa shape index (κ1) is 58.7. The van der Waals surface area contributed by atoms with Gasteiger partial charge in [-0.3, -0.25) is 14.8 Å². The Morgan fingerprint density at radius 1 is 0.803 bits per heavy atom. The van der Waals surface area contributed by atoms with Crippen LogP contribution in [-0.4, -0.2) is 142 Å². The fraction of sp³-hybridized carbons (Fsp3) is 0.386. The number of benzene rings is 3. The molecule has 2 bridgehead atoms. The lowest BCUT2D eigenvalue weighted by atomic mass is 9.89. The number of hydrogen-bond acceptors (Lipinski definition) is 13. The number of piperidine rings is 2. The number of esters is 1. The van der Waals surface area contributed by atoms with E-state index in [1.807, 2.05) is 79.1 Å². The molecule has 0 saturated carbocycles. The summed E-state index contributed by atoms with van der Waals surface area (Å²) in [7, 11) is 8.70. The summed E-state index contributed by atoms with van der Waals surface area (Å²) in [5.41, 5.74) is 11.3. The third-order valence-electron chi connectivity index (χ3n) is 14.2. The number of pyridine rings is 2. The van der Waals surface area contributed by atoms with E-state index in [0.29, 0.717) is 42.4 Å². The lowest BCUT2D eigenvalue weighted by Crippen LogP contribution is -2.60. The number of carboxylic acids is 2. The molecule has 7 atom stereocenters. The van der Waals surface area contributed by atoms with E-state index in [2.05, 4.69) is 79.8 Å². The zero-order valence-electron chi connectivity index (χ0n) is 43.0. The number of nitrogens with one attached hydrogen (secondary N) is 1. The molecule has 0 amide bonds. The standard InChI is InChI=1S/C19H19ClN2.C18H24NO4.C16H19ClN2.C4H4O4.NO3/c20-16-5-6-17-15(12-16)4-3-14-2-1-9-22-19(14)18(17)13-7-10-21-11-8-13;1-19(2)14-8-12(9-15(19)17-16(14)23-17)22-18(21)13(10-20)11-6-4-3-5-7-11;1-19(2)12-10-15(16-5-3-4-11-18-16)13-6-8-14(17)9-7-13;5-3(6)1-2-4(7)8;2-1(3)4/h1-2,5-6,9,12,21H,3-4,7-8,10-11H2;3-7,12-17,20H,8-10H2,1-2H3;3-9,11,15H,10,12H2,1-2H3;1-2H,(H,5,6)(H,7,8);/q;+1;;;-1/b;;;2-1-;/t;12?,13-,14-,15+,16-,17+;;;/m.1.../s1. The van der Waals surface area contributed by atoms with Crippen molar-refractivity contribution in [2.24, 2.45) is 0 Å². The molecule has 404 valence electrons. The smallest absolute Gasteiger partial charge is 0.328 e. The summed E-state index contributed by atoms with van der Waals surface area (Å²) in [6.45, 7) is 2.93. The number of halogens is 2. The van der Waals surface area contributed by atoms with Crippen LogP contribution in [0.15, 0.2) is 133 Å². The van der Waals surface area contributed by atoms with Gasteiger partial charge in [-0.1, -0.05) is 89.4 Å². The average molecular weight is 1080 g/mol. The van der Waals surface area contributed by atoms with E-state index in [4.69, 9.17) is 63.2 Å². The molecule has 1 aliphatic carbocycles. The number of aliphatic hydroxyl groups is 1. The number of ether oxygens (including phenoxy) is 2. The largest absolute Gasteiger partial charge is 0.478 e. The van der Waals surface area contributed by atoms with E-state index in [1.165, 1.54) is 39.1 Å². The molecule has 76 heavy (non-hydrogen) atoms. The molecule has 19 heteroatoms. The molecular formula is C57H66Cl2N6O11. The van der Waals surface area contributed by atoms with Crippen LogP contribution >= 0.6 is 23.2 Å². The number of hydrogen-bond donors (Lipinski definition) is 4. The van der Waals surface area contributed by atoms with Gasteiger partial charge >= 0.3 is 17.9 Å². The number of carboxylic acid groups (broad SMARTS) is 2. The van der Waals surface area contributed by atoms with Crippen molar-refractivity contribution in [3.8, 4) is 0 Å². The number of carbonyl (C=O) groups is 3. The Morgan fingerprint density at radius 2 is 1.39 bits per heavy atom. The molecule has 4 fully saturated rings. The van der Waals surface area contributed by atoms with Gasteiger partial charge in [-0.2, -0.15) is 0 Å². The Hall–Kier alpha value is -6.57. The minimum Gasteiger partial charge on any atom is -0.478 e. The molecule has 4 saturated heterocycles. The number of aromatic nitrogens is 2. The van der Waals surface area contributed by atoms with E-state index in [-0.39, 0.29) is 18.7 Å². The Morgan fingerprint density at radius 3 is 1.97 bits per heavy atom. The molecule has 0 radical (unpaired) electrons. The predicted octanol–water partition coefficient (Wildman–Crippen LogP) is 8.37. The Kier molecular flexibility index (Phi) is 21.6. The number of aryl methyl sites for hydroxylation is 2. The van der Waals surface area contributed by atoms with Crippen LogP contribution in [0.4, 0.5) is 0 Å². The number of fused-ring (bicyclic) bond motifs is 7. The van der Waals surface area contributed by atoms with Crippen molar-refractivity contribution in [1.82, 2.24) is 20.2 Å². The number of rotatable bonds is 11. The number of aliphatic carboxylic acids is 2. The molecular weight excluding hydrogens is 1020 g/mol. The van der Waals surface area contributed by atoms with Crippen molar-refractivity contribution >= 4 is 46.7 Å². The lowest BCUT2D eigenvalue weighted by Gasteiger charge is -2.45. The summed E-state index contributed by atoms with van der Waals surface area (Å²) in [6, 6.07) is 35.0. The summed E-state index contributed by atoms with van der Waals surface area (Å²) in [5.74, 6) is -3.10. The van der Waals surface area contributed by atoms with Crippen LogP contribution in [0.25, 0.3) is 5.57 Å². The third kappa shape index (κ3) is 16.5. The number of morpholine rings is 1. The van der Waals surface area contributed by atoms with E-state index < -0.39 is 22.9 Å². The summed E-state index contributed by atoms with van der Waals surface area (Å²) in [4.78, 5) is 51.3. The summed E-state index contributed by atoms with van der Waals surface area (Å²) in [6.07, 6.45) is 12.6. The van der Waals surface area contributed by atoms with Crippen LogP contribution in [-0.2, 0) is 36.7 Å². The number of carbonyl (C=O) groups excluding carboxylic acids is 1.